The molecule has 1 N–H and O–H groups in total. The lowest BCUT2D eigenvalue weighted by Crippen LogP contribution is -2.47. The molecule has 1 saturated carbocycles. The molecule has 5 heteroatoms. The van der Waals surface area contributed by atoms with Crippen LogP contribution >= 0.6 is 0 Å². The van der Waals surface area contributed by atoms with Crippen LogP contribution in [-0.4, -0.2) is 53.7 Å². The quantitative estimate of drug-likeness (QED) is 0.905. The molecule has 108 valence electrons. The third-order valence-corrected chi connectivity index (χ3v) is 4.18. The minimum Gasteiger partial charge on any atom is -0.478 e. The van der Waals surface area contributed by atoms with Gasteiger partial charge in [-0.25, -0.2) is 9.78 Å². The molecular formula is C15H21N3O2. The van der Waals surface area contributed by atoms with Gasteiger partial charge in [0, 0.05) is 38.9 Å². The Morgan fingerprint density at radius 3 is 2.60 bits per heavy atom. The molecular weight excluding hydrogens is 254 g/mol. The maximum absolute atomic E-state index is 10.9. The van der Waals surface area contributed by atoms with E-state index in [2.05, 4.69) is 14.8 Å². The summed E-state index contributed by atoms with van der Waals surface area (Å²) in [5.41, 5.74) is 1.21. The molecule has 0 spiro atoms. The molecule has 1 aromatic rings. The Hall–Kier alpha value is -1.62. The first-order valence-corrected chi connectivity index (χ1v) is 7.31. The number of carboxylic acids is 1. The van der Waals surface area contributed by atoms with Crippen LogP contribution in [0.25, 0.3) is 0 Å². The van der Waals surface area contributed by atoms with E-state index >= 15 is 0 Å². The fourth-order valence-corrected chi connectivity index (χ4v) is 2.82. The van der Waals surface area contributed by atoms with Gasteiger partial charge in [0.25, 0.3) is 0 Å². The van der Waals surface area contributed by atoms with Crippen LogP contribution in [0, 0.1) is 12.8 Å². The summed E-state index contributed by atoms with van der Waals surface area (Å²) in [7, 11) is 0. The summed E-state index contributed by atoms with van der Waals surface area (Å²) in [6.07, 6.45) is 4.26. The zero-order valence-corrected chi connectivity index (χ0v) is 11.9. The normalized spacial score (nSPS) is 20.1. The van der Waals surface area contributed by atoms with E-state index in [1.807, 2.05) is 6.92 Å². The minimum atomic E-state index is -0.915. The van der Waals surface area contributed by atoms with E-state index in [0.717, 1.165) is 43.5 Å². The molecule has 0 atom stereocenters. The number of aryl methyl sites for hydroxylation is 1. The van der Waals surface area contributed by atoms with Crippen LogP contribution in [0.5, 0.6) is 0 Å². The van der Waals surface area contributed by atoms with Crippen molar-refractivity contribution in [3.05, 3.63) is 23.4 Å². The second-order valence-corrected chi connectivity index (χ2v) is 5.90. The summed E-state index contributed by atoms with van der Waals surface area (Å²) in [5.74, 6) is 0.957. The van der Waals surface area contributed by atoms with Gasteiger partial charge >= 0.3 is 5.97 Å². The summed E-state index contributed by atoms with van der Waals surface area (Å²) < 4.78 is 0. The molecule has 0 bridgehead atoms. The number of anilines is 1. The van der Waals surface area contributed by atoms with E-state index in [1.165, 1.54) is 25.6 Å². The minimum absolute atomic E-state index is 0.263. The van der Waals surface area contributed by atoms with E-state index in [9.17, 15) is 4.79 Å². The van der Waals surface area contributed by atoms with Gasteiger partial charge in [-0.1, -0.05) is 0 Å². The monoisotopic (exact) mass is 275 g/mol. The van der Waals surface area contributed by atoms with Gasteiger partial charge in [0.1, 0.15) is 5.82 Å². The van der Waals surface area contributed by atoms with Crippen molar-refractivity contribution in [3.8, 4) is 0 Å². The highest BCUT2D eigenvalue weighted by Crippen LogP contribution is 2.30. The lowest BCUT2D eigenvalue weighted by molar-refractivity contribution is 0.0696. The molecule has 5 nitrogen and oxygen atoms in total. The number of carboxylic acid groups (broad SMARTS) is 1. The number of aromatic carboxylic acids is 1. The summed E-state index contributed by atoms with van der Waals surface area (Å²) in [6.45, 7) is 7.31. The molecule has 3 rings (SSSR count). The van der Waals surface area contributed by atoms with Crippen LogP contribution in [0.3, 0.4) is 0 Å². The summed E-state index contributed by atoms with van der Waals surface area (Å²) in [6, 6.07) is 1.71. The van der Waals surface area contributed by atoms with Gasteiger partial charge in [0.2, 0.25) is 0 Å². The fourth-order valence-electron chi connectivity index (χ4n) is 2.82. The van der Waals surface area contributed by atoms with E-state index < -0.39 is 5.97 Å². The molecule has 2 aliphatic rings. The van der Waals surface area contributed by atoms with Gasteiger partial charge in [-0.2, -0.15) is 0 Å². The summed E-state index contributed by atoms with van der Waals surface area (Å²) >= 11 is 0. The highest BCUT2D eigenvalue weighted by molar-refractivity contribution is 5.87. The predicted octanol–water partition coefficient (Wildman–Crippen LogP) is 1.62. The average molecular weight is 275 g/mol. The van der Waals surface area contributed by atoms with Crippen LogP contribution in [0.15, 0.2) is 12.3 Å². The van der Waals surface area contributed by atoms with Gasteiger partial charge < -0.3 is 10.0 Å². The molecule has 20 heavy (non-hydrogen) atoms. The topological polar surface area (TPSA) is 56.7 Å². The maximum Gasteiger partial charge on any atom is 0.337 e. The van der Waals surface area contributed by atoms with Crippen molar-refractivity contribution in [1.29, 1.82) is 0 Å². The van der Waals surface area contributed by atoms with Crippen LogP contribution in [-0.2, 0) is 0 Å². The molecule has 2 fully saturated rings. The third-order valence-electron chi connectivity index (χ3n) is 4.18. The van der Waals surface area contributed by atoms with E-state index in [1.54, 1.807) is 6.07 Å². The smallest absolute Gasteiger partial charge is 0.337 e. The highest BCUT2D eigenvalue weighted by Gasteiger charge is 2.27. The molecule has 1 aliphatic carbocycles. The predicted molar refractivity (Wildman–Crippen MR) is 77.3 cm³/mol. The highest BCUT2D eigenvalue weighted by atomic mass is 16.4. The van der Waals surface area contributed by atoms with Crippen molar-refractivity contribution in [1.82, 2.24) is 9.88 Å². The Morgan fingerprint density at radius 2 is 2.05 bits per heavy atom. The van der Waals surface area contributed by atoms with E-state index in [-0.39, 0.29) is 5.56 Å². The largest absolute Gasteiger partial charge is 0.478 e. The Morgan fingerprint density at radius 1 is 1.35 bits per heavy atom. The Labute approximate surface area is 119 Å². The summed E-state index contributed by atoms with van der Waals surface area (Å²) in [4.78, 5) is 20.1. The van der Waals surface area contributed by atoms with Crippen molar-refractivity contribution in [2.75, 3.05) is 37.6 Å². The number of hydrogen-bond donors (Lipinski definition) is 1. The van der Waals surface area contributed by atoms with Gasteiger partial charge in [-0.15, -0.1) is 0 Å². The van der Waals surface area contributed by atoms with Crippen LogP contribution in [0.4, 0.5) is 5.82 Å². The number of aromatic nitrogens is 1. The second-order valence-electron chi connectivity index (χ2n) is 5.90. The average Bonchev–Trinajstić information content (AvgIpc) is 3.24. The van der Waals surface area contributed by atoms with Crippen LogP contribution < -0.4 is 4.90 Å². The number of rotatable bonds is 4. The lowest BCUT2D eigenvalue weighted by Gasteiger charge is -2.36. The lowest BCUT2D eigenvalue weighted by atomic mass is 10.2. The van der Waals surface area contributed by atoms with Crippen LogP contribution in [0.1, 0.15) is 28.8 Å². The Balaban J connectivity index is 1.63. The third kappa shape index (κ3) is 2.93. The molecule has 0 amide bonds. The Kier molecular flexibility index (Phi) is 3.61. The molecule has 1 aliphatic heterocycles. The SMILES string of the molecule is Cc1cc(C(=O)O)cnc1N1CCN(CC2CC2)CC1. The fraction of sp³-hybridized carbons (Fsp3) is 0.600. The first kappa shape index (κ1) is 13.4. The number of hydrogen-bond acceptors (Lipinski definition) is 4. The number of carbonyl (C=O) groups is 1. The van der Waals surface area contributed by atoms with Crippen molar-refractivity contribution < 1.29 is 9.90 Å². The maximum atomic E-state index is 10.9. The number of nitrogens with zero attached hydrogens (tertiary/aromatic N) is 3. The van der Waals surface area contributed by atoms with E-state index in [4.69, 9.17) is 5.11 Å². The second kappa shape index (κ2) is 5.40. The Bertz CT molecular complexity index is 506. The molecule has 2 heterocycles. The zero-order valence-electron chi connectivity index (χ0n) is 11.9. The molecule has 1 saturated heterocycles. The first-order valence-electron chi connectivity index (χ1n) is 7.31. The molecule has 0 aromatic carbocycles. The zero-order chi connectivity index (χ0) is 14.1. The standard InChI is InChI=1S/C15H21N3O2/c1-11-8-13(15(19)20)9-16-14(11)18-6-4-17(5-7-18)10-12-2-3-12/h8-9,12H,2-7,10H2,1H3,(H,19,20). The number of pyridine rings is 1. The van der Waals surface area contributed by atoms with Crippen LogP contribution in [0.2, 0.25) is 0 Å². The van der Waals surface area contributed by atoms with Crippen molar-refractivity contribution in [2.24, 2.45) is 5.92 Å². The van der Waals surface area contributed by atoms with Gasteiger partial charge in [-0.3, -0.25) is 4.90 Å². The van der Waals surface area contributed by atoms with E-state index in [0.29, 0.717) is 0 Å². The van der Waals surface area contributed by atoms with Gasteiger partial charge in [-0.05, 0) is 37.3 Å². The van der Waals surface area contributed by atoms with Gasteiger partial charge in [0.05, 0.1) is 5.56 Å². The van der Waals surface area contributed by atoms with Crippen molar-refractivity contribution >= 4 is 11.8 Å². The van der Waals surface area contributed by atoms with Crippen molar-refractivity contribution in [3.63, 3.8) is 0 Å². The van der Waals surface area contributed by atoms with Gasteiger partial charge in [0.15, 0.2) is 0 Å². The van der Waals surface area contributed by atoms with Crippen molar-refractivity contribution in [2.45, 2.75) is 19.8 Å². The first-order chi connectivity index (χ1) is 9.63. The molecule has 0 radical (unpaired) electrons. The number of piperazine rings is 1. The molecule has 1 aromatic heterocycles. The summed E-state index contributed by atoms with van der Waals surface area (Å²) in [5, 5.41) is 8.97. The molecule has 0 unspecified atom stereocenters.